The highest BCUT2D eigenvalue weighted by molar-refractivity contribution is 5.81. The topological polar surface area (TPSA) is 83.6 Å². The zero-order valence-electron chi connectivity index (χ0n) is 13.1. The van der Waals surface area contributed by atoms with Gasteiger partial charge in [-0.1, -0.05) is 27.7 Å². The highest BCUT2D eigenvalue weighted by Gasteiger charge is 2.44. The number of amides is 1. The van der Waals surface area contributed by atoms with Crippen molar-refractivity contribution in [1.29, 1.82) is 0 Å². The van der Waals surface area contributed by atoms with E-state index in [2.05, 4.69) is 20.8 Å². The number of nitrogens with zero attached hydrogens (tertiary/aromatic N) is 1. The maximum atomic E-state index is 12.2. The number of hydrogen-bond donors (Lipinski definition) is 2. The Bertz CT molecular complexity index is 376. The summed E-state index contributed by atoms with van der Waals surface area (Å²) in [4.78, 5) is 25.3. The molecule has 5 nitrogen and oxygen atoms in total. The van der Waals surface area contributed by atoms with Crippen molar-refractivity contribution < 1.29 is 14.7 Å². The lowest BCUT2D eigenvalue weighted by Crippen LogP contribution is -2.39. The van der Waals surface area contributed by atoms with Crippen LogP contribution in [0.15, 0.2) is 0 Å². The fourth-order valence-corrected chi connectivity index (χ4v) is 2.91. The molecule has 20 heavy (non-hydrogen) atoms. The minimum Gasteiger partial charge on any atom is -0.481 e. The van der Waals surface area contributed by atoms with Crippen molar-refractivity contribution in [2.24, 2.45) is 16.6 Å². The Morgan fingerprint density at radius 3 is 2.40 bits per heavy atom. The number of likely N-dealkylation sites (tertiary alicyclic amines) is 1. The molecule has 0 saturated carbocycles. The van der Waals surface area contributed by atoms with Crippen molar-refractivity contribution in [3.63, 3.8) is 0 Å². The van der Waals surface area contributed by atoms with E-state index in [1.54, 1.807) is 4.90 Å². The summed E-state index contributed by atoms with van der Waals surface area (Å²) in [5.74, 6) is -0.812. The van der Waals surface area contributed by atoms with E-state index in [4.69, 9.17) is 5.73 Å². The Morgan fingerprint density at radius 2 is 2.00 bits per heavy atom. The maximum Gasteiger partial charge on any atom is 0.311 e. The highest BCUT2D eigenvalue weighted by Crippen LogP contribution is 2.34. The molecule has 0 aromatic rings. The summed E-state index contributed by atoms with van der Waals surface area (Å²) in [5, 5.41) is 9.34. The average Bonchev–Trinajstić information content (AvgIpc) is 2.71. The number of carboxylic acids is 1. The van der Waals surface area contributed by atoms with E-state index in [-0.39, 0.29) is 17.4 Å². The third-order valence-corrected chi connectivity index (χ3v) is 4.15. The summed E-state index contributed by atoms with van der Waals surface area (Å²) < 4.78 is 0. The van der Waals surface area contributed by atoms with E-state index in [1.807, 2.05) is 6.92 Å². The smallest absolute Gasteiger partial charge is 0.311 e. The third kappa shape index (κ3) is 4.20. The first kappa shape index (κ1) is 17.0. The predicted octanol–water partition coefficient (Wildman–Crippen LogP) is 1.85. The quantitative estimate of drug-likeness (QED) is 0.807. The van der Waals surface area contributed by atoms with Crippen LogP contribution in [-0.2, 0) is 9.59 Å². The number of nitrogens with two attached hydrogens (primary N) is 1. The number of rotatable bonds is 5. The Hall–Kier alpha value is -1.10. The minimum absolute atomic E-state index is 0.0154. The van der Waals surface area contributed by atoms with Gasteiger partial charge in [0, 0.05) is 25.6 Å². The van der Waals surface area contributed by atoms with Gasteiger partial charge in [-0.15, -0.1) is 0 Å². The van der Waals surface area contributed by atoms with E-state index in [0.717, 1.165) is 6.42 Å². The van der Waals surface area contributed by atoms with Gasteiger partial charge in [0.2, 0.25) is 5.91 Å². The van der Waals surface area contributed by atoms with Crippen molar-refractivity contribution in [3.05, 3.63) is 0 Å². The van der Waals surface area contributed by atoms with Gasteiger partial charge in [0.15, 0.2) is 0 Å². The SMILES string of the molecule is CCC1(C(=O)O)CCN(C(=O)CC(N)CC(C)(C)C)C1. The van der Waals surface area contributed by atoms with Gasteiger partial charge in [0.25, 0.3) is 0 Å². The molecule has 1 aliphatic rings. The second kappa shape index (κ2) is 6.12. The van der Waals surface area contributed by atoms with Gasteiger partial charge in [-0.2, -0.15) is 0 Å². The Balaban J connectivity index is 2.56. The van der Waals surface area contributed by atoms with Crippen LogP contribution in [0.5, 0.6) is 0 Å². The summed E-state index contributed by atoms with van der Waals surface area (Å²) in [5.41, 5.74) is 5.36. The average molecular weight is 284 g/mol. The number of aliphatic carboxylic acids is 1. The van der Waals surface area contributed by atoms with Crippen molar-refractivity contribution in [2.45, 2.75) is 59.4 Å². The number of carboxylic acid groups (broad SMARTS) is 1. The van der Waals surface area contributed by atoms with Crippen LogP contribution in [0.25, 0.3) is 0 Å². The summed E-state index contributed by atoms with van der Waals surface area (Å²) in [6.07, 6.45) is 2.18. The van der Waals surface area contributed by atoms with Crippen LogP contribution in [-0.4, -0.2) is 41.0 Å². The lowest BCUT2D eigenvalue weighted by atomic mass is 9.84. The van der Waals surface area contributed by atoms with E-state index in [1.165, 1.54) is 0 Å². The highest BCUT2D eigenvalue weighted by atomic mass is 16.4. The molecule has 2 atom stereocenters. The largest absolute Gasteiger partial charge is 0.481 e. The molecule has 1 heterocycles. The van der Waals surface area contributed by atoms with Gasteiger partial charge >= 0.3 is 5.97 Å². The molecule has 0 spiro atoms. The van der Waals surface area contributed by atoms with Gasteiger partial charge in [0.1, 0.15) is 0 Å². The summed E-state index contributed by atoms with van der Waals surface area (Å²) in [7, 11) is 0. The Morgan fingerprint density at radius 1 is 1.40 bits per heavy atom. The van der Waals surface area contributed by atoms with Crippen LogP contribution in [0.3, 0.4) is 0 Å². The van der Waals surface area contributed by atoms with Crippen LogP contribution in [0.2, 0.25) is 0 Å². The standard InChI is InChI=1S/C15H28N2O3/c1-5-15(13(19)20)6-7-17(10-15)12(18)8-11(16)9-14(2,3)4/h11H,5-10,16H2,1-4H3,(H,19,20). The van der Waals surface area contributed by atoms with Gasteiger partial charge in [-0.3, -0.25) is 9.59 Å². The first-order chi connectivity index (χ1) is 9.09. The lowest BCUT2D eigenvalue weighted by Gasteiger charge is -2.26. The molecule has 0 aromatic carbocycles. The first-order valence-corrected chi connectivity index (χ1v) is 7.36. The summed E-state index contributed by atoms with van der Waals surface area (Å²) in [6, 6.07) is -0.163. The molecule has 1 aliphatic heterocycles. The van der Waals surface area contributed by atoms with E-state index in [0.29, 0.717) is 32.4 Å². The molecule has 1 fully saturated rings. The molecule has 2 unspecified atom stereocenters. The van der Waals surface area contributed by atoms with Crippen LogP contribution < -0.4 is 5.73 Å². The van der Waals surface area contributed by atoms with Crippen LogP contribution in [0, 0.1) is 10.8 Å². The van der Waals surface area contributed by atoms with Crippen molar-refractivity contribution in [2.75, 3.05) is 13.1 Å². The molecule has 0 radical (unpaired) electrons. The van der Waals surface area contributed by atoms with Gasteiger partial charge in [0.05, 0.1) is 5.41 Å². The van der Waals surface area contributed by atoms with E-state index >= 15 is 0 Å². The fraction of sp³-hybridized carbons (Fsp3) is 0.867. The zero-order valence-corrected chi connectivity index (χ0v) is 13.1. The summed E-state index contributed by atoms with van der Waals surface area (Å²) in [6.45, 7) is 9.01. The molecule has 0 aromatic heterocycles. The number of carbonyl (C=O) groups is 2. The van der Waals surface area contributed by atoms with Crippen LogP contribution in [0.1, 0.15) is 53.4 Å². The molecule has 0 bridgehead atoms. The molecule has 1 amide bonds. The second-order valence-corrected chi connectivity index (χ2v) is 7.23. The van der Waals surface area contributed by atoms with Crippen molar-refractivity contribution >= 4 is 11.9 Å². The molecule has 3 N–H and O–H groups in total. The monoisotopic (exact) mass is 284 g/mol. The lowest BCUT2D eigenvalue weighted by molar-refractivity contribution is -0.148. The molecule has 116 valence electrons. The molecule has 5 heteroatoms. The summed E-state index contributed by atoms with van der Waals surface area (Å²) >= 11 is 0. The molecule has 1 saturated heterocycles. The minimum atomic E-state index is -0.797. The van der Waals surface area contributed by atoms with Crippen molar-refractivity contribution in [1.82, 2.24) is 4.90 Å². The fourth-order valence-electron chi connectivity index (χ4n) is 2.91. The second-order valence-electron chi connectivity index (χ2n) is 7.23. The molecule has 0 aliphatic carbocycles. The Labute approximate surface area is 121 Å². The molecule has 1 rings (SSSR count). The number of hydrogen-bond acceptors (Lipinski definition) is 3. The van der Waals surface area contributed by atoms with E-state index in [9.17, 15) is 14.7 Å². The third-order valence-electron chi connectivity index (χ3n) is 4.15. The molecular weight excluding hydrogens is 256 g/mol. The first-order valence-electron chi connectivity index (χ1n) is 7.36. The van der Waals surface area contributed by atoms with Crippen LogP contribution >= 0.6 is 0 Å². The van der Waals surface area contributed by atoms with E-state index < -0.39 is 11.4 Å². The predicted molar refractivity (Wildman–Crippen MR) is 78.2 cm³/mol. The zero-order chi connectivity index (χ0) is 15.6. The van der Waals surface area contributed by atoms with Gasteiger partial charge in [-0.25, -0.2) is 0 Å². The van der Waals surface area contributed by atoms with Crippen molar-refractivity contribution in [3.8, 4) is 0 Å². The Kier molecular flexibility index (Phi) is 5.19. The maximum absolute atomic E-state index is 12.2. The van der Waals surface area contributed by atoms with Gasteiger partial charge in [-0.05, 0) is 24.7 Å². The normalized spacial score (nSPS) is 24.8. The van der Waals surface area contributed by atoms with Crippen LogP contribution in [0.4, 0.5) is 0 Å². The number of carbonyl (C=O) groups excluding carboxylic acids is 1. The van der Waals surface area contributed by atoms with Gasteiger partial charge < -0.3 is 15.7 Å². The molecular formula is C15H28N2O3.